The SMILES string of the molecule is Cc1cnc(-c2nc(N)c(=O)[nH]c2-c2cc(Cl)c3ncsc3c2)s1.Cc1ncc(-c2nc(N)c(=O)[nH]c2-c2cc(Cl)c3ncsc3c2)o1.Cc1ncc(-c2nc(N)c(=O)[nH]c2-c2cc(Cl)c3ncsc3c2)s1.Cc1nnc(-c2nc(N)c(=O)[nH]c2-c2cc(Cl)c3ncsc3c2)o1.Cc1nnc(-c2nc(N)c(=O)[nH]c2-c2cc(Cl)c3ncsc3c2)s1. The van der Waals surface area contributed by atoms with Crippen molar-refractivity contribution in [3.05, 3.63) is 210 Å². The summed E-state index contributed by atoms with van der Waals surface area (Å²) in [6, 6.07) is 18.2. The zero-order valence-electron chi connectivity index (χ0n) is 61.4. The fraction of sp³-hybridized carbons (Fsp3) is 0.0685. The Balaban J connectivity index is 0.000000112. The summed E-state index contributed by atoms with van der Waals surface area (Å²) in [5, 5.41) is 21.3. The number of aromatic amines is 5. The predicted octanol–water partition coefficient (Wildman–Crippen LogP) is 16.4. The van der Waals surface area contributed by atoms with Gasteiger partial charge in [-0.05, 0) is 81.4 Å². The molecule has 0 amide bonds. The number of halogens is 5. The van der Waals surface area contributed by atoms with Crippen molar-refractivity contribution in [3.8, 4) is 111 Å². The van der Waals surface area contributed by atoms with Crippen molar-refractivity contribution in [2.75, 3.05) is 28.7 Å². The molecule has 600 valence electrons. The molecule has 0 aliphatic carbocycles. The Bertz CT molecular complexity index is 6700. The third kappa shape index (κ3) is 16.7. The number of hydrogen-bond donors (Lipinski definition) is 10. The lowest BCUT2D eigenvalue weighted by atomic mass is 10.1. The first-order valence-electron chi connectivity index (χ1n) is 34.2. The molecule has 0 aliphatic heterocycles. The Labute approximate surface area is 726 Å². The summed E-state index contributed by atoms with van der Waals surface area (Å²) >= 11 is 43.2. The van der Waals surface area contributed by atoms with E-state index in [-0.39, 0.29) is 40.7 Å². The summed E-state index contributed by atoms with van der Waals surface area (Å²) in [5.74, 6) is 0.805. The molecular weight excluding hydrogens is 1800 g/mol. The van der Waals surface area contributed by atoms with E-state index in [1.807, 2.05) is 51.1 Å². The molecule has 0 saturated heterocycles. The quantitative estimate of drug-likeness (QED) is 0.0608. The van der Waals surface area contributed by atoms with Crippen LogP contribution in [0.4, 0.5) is 29.1 Å². The van der Waals surface area contributed by atoms with Crippen molar-refractivity contribution < 1.29 is 8.83 Å². The lowest BCUT2D eigenvalue weighted by molar-refractivity contribution is 0.531. The zero-order chi connectivity index (χ0) is 84.2. The monoisotopic (exact) mass is 1850 g/mol. The van der Waals surface area contributed by atoms with E-state index >= 15 is 0 Å². The fourth-order valence-electron chi connectivity index (χ4n) is 11.7. The highest BCUT2D eigenvalue weighted by atomic mass is 35.5. The van der Waals surface area contributed by atoms with Gasteiger partial charge in [0.05, 0.1) is 148 Å². The molecule has 120 heavy (non-hydrogen) atoms. The van der Waals surface area contributed by atoms with Crippen LogP contribution in [0.2, 0.25) is 25.1 Å². The molecule has 34 nitrogen and oxygen atoms in total. The summed E-state index contributed by atoms with van der Waals surface area (Å²) in [5.41, 5.74) is 46.6. The van der Waals surface area contributed by atoms with Gasteiger partial charge in [-0.1, -0.05) is 69.3 Å². The predicted molar refractivity (Wildman–Crippen MR) is 478 cm³/mol. The minimum absolute atomic E-state index is 0.0789. The molecule has 20 aromatic rings. The Hall–Kier alpha value is -12.4. The van der Waals surface area contributed by atoms with E-state index in [0.29, 0.717) is 132 Å². The molecule has 0 radical (unpaired) electrons. The summed E-state index contributed by atoms with van der Waals surface area (Å²) < 4.78 is 15.5. The zero-order valence-corrected chi connectivity index (χ0v) is 71.7. The number of oxazole rings is 1. The highest BCUT2D eigenvalue weighted by Crippen LogP contribution is 2.42. The van der Waals surface area contributed by atoms with E-state index in [1.54, 1.807) is 84.1 Å². The second kappa shape index (κ2) is 33.8. The average molecular weight is 1850 g/mol. The largest absolute Gasteiger partial charge is 0.439 e. The van der Waals surface area contributed by atoms with Crippen LogP contribution in [0.5, 0.6) is 0 Å². The molecule has 0 bridgehead atoms. The number of nitrogens with one attached hydrogen (secondary N) is 5. The van der Waals surface area contributed by atoms with Crippen LogP contribution in [-0.2, 0) is 0 Å². The third-order valence-electron chi connectivity index (χ3n) is 17.1. The van der Waals surface area contributed by atoms with Crippen molar-refractivity contribution in [2.24, 2.45) is 0 Å². The summed E-state index contributed by atoms with van der Waals surface area (Å²) in [4.78, 5) is 130. The number of thiazole rings is 7. The van der Waals surface area contributed by atoms with Gasteiger partial charge in [0.15, 0.2) is 51.4 Å². The first kappa shape index (κ1) is 81.3. The number of fused-ring (bicyclic) bond motifs is 5. The van der Waals surface area contributed by atoms with Crippen molar-refractivity contribution >= 4 is 229 Å². The molecule has 5 aromatic carbocycles. The van der Waals surface area contributed by atoms with E-state index in [0.717, 1.165) is 70.9 Å². The van der Waals surface area contributed by atoms with Crippen LogP contribution in [0.15, 0.2) is 140 Å². The van der Waals surface area contributed by atoms with Crippen LogP contribution >= 0.6 is 149 Å². The first-order valence-corrected chi connectivity index (χ1v) is 42.9. The standard InChI is InChI=1S/C15H10ClN5O2S.2C15H10ClN5OS2.C14H9ClN6O2S.C14H9ClN6OS2/c1-6-18-4-9(23-6)13-11(21-15(22)14(17)20-13)7-2-8(16)12-10(3-7)24-5-19-12;1-6-18-4-10(24-6)13-11(21-15(22)14(17)20-13)7-2-8(16)12-9(3-7)23-5-19-12;1-6-4-18-15(24-6)12-10(21-14(22)13(17)20-12)7-2-8(16)11-9(3-7)23-5-19-11;1-5-20-21-14(23-5)11-9(19-13(22)12(16)18-11)6-2-7(15)10-8(3-6)24-4-17-10;1-5-20-21-14(24-5)11-9(19-13(22)12(16)18-11)6-2-7(15)10-8(3-6)23-4-17-10/h3*2-5H,1H3,(H2,17,20)(H,21,22);2*2-4H,1H3,(H2,16,18)(H,19,22). The van der Waals surface area contributed by atoms with E-state index in [4.69, 9.17) is 95.5 Å². The minimum atomic E-state index is -0.509. The fourth-order valence-corrected chi connectivity index (χ4v) is 19.3. The first-order chi connectivity index (χ1) is 57.6. The number of nitrogens with two attached hydrogens (primary N) is 5. The molecule has 15 N–H and O–H groups in total. The summed E-state index contributed by atoms with van der Waals surface area (Å²) in [6.07, 6.45) is 5.01. The van der Waals surface area contributed by atoms with Crippen LogP contribution < -0.4 is 56.5 Å². The van der Waals surface area contributed by atoms with Crippen LogP contribution in [0.1, 0.15) is 26.7 Å². The van der Waals surface area contributed by atoms with Crippen molar-refractivity contribution in [1.29, 1.82) is 0 Å². The lowest BCUT2D eigenvalue weighted by Crippen LogP contribution is -2.16. The van der Waals surface area contributed by atoms with E-state index in [1.165, 1.54) is 96.9 Å². The molecule has 0 aliphatic rings. The number of hydrogen-bond acceptors (Lipinski definition) is 37. The van der Waals surface area contributed by atoms with Gasteiger partial charge in [-0.15, -0.1) is 99.8 Å². The maximum Gasteiger partial charge on any atom is 0.290 e. The van der Waals surface area contributed by atoms with Gasteiger partial charge in [0.2, 0.25) is 5.89 Å². The molecule has 20 rings (SSSR count). The maximum atomic E-state index is 12.0. The minimum Gasteiger partial charge on any atom is -0.439 e. The Kier molecular flexibility index (Phi) is 22.9. The smallest absolute Gasteiger partial charge is 0.290 e. The second-order valence-electron chi connectivity index (χ2n) is 25.2. The number of aromatic nitrogens is 22. The molecule has 0 fully saturated rings. The molecule has 15 aromatic heterocycles. The van der Waals surface area contributed by atoms with Gasteiger partial charge >= 0.3 is 0 Å². The van der Waals surface area contributed by atoms with Gasteiger partial charge in [0, 0.05) is 58.9 Å². The molecule has 47 heteroatoms. The van der Waals surface area contributed by atoms with Gasteiger partial charge in [-0.3, -0.25) is 24.0 Å². The van der Waals surface area contributed by atoms with Gasteiger partial charge < -0.3 is 62.4 Å². The van der Waals surface area contributed by atoms with E-state index in [2.05, 4.69) is 110 Å². The highest BCUT2D eigenvalue weighted by molar-refractivity contribution is 7.18. The second-order valence-corrected chi connectivity index (χ2v) is 35.3. The van der Waals surface area contributed by atoms with Crippen molar-refractivity contribution in [2.45, 2.75) is 34.6 Å². The number of rotatable bonds is 10. The van der Waals surface area contributed by atoms with Crippen LogP contribution in [-0.4, -0.2) is 110 Å². The van der Waals surface area contributed by atoms with Gasteiger partial charge in [0.25, 0.3) is 33.7 Å². The van der Waals surface area contributed by atoms with Gasteiger partial charge in [-0.25, -0.2) is 64.8 Å². The van der Waals surface area contributed by atoms with Gasteiger partial charge in [-0.2, -0.15) is 0 Å². The molecule has 0 atom stereocenters. The van der Waals surface area contributed by atoms with Crippen LogP contribution in [0, 0.1) is 34.6 Å². The Morgan fingerprint density at radius 1 is 0.325 bits per heavy atom. The van der Waals surface area contributed by atoms with E-state index in [9.17, 15) is 24.0 Å². The van der Waals surface area contributed by atoms with Crippen LogP contribution in [0.3, 0.4) is 0 Å². The molecule has 0 unspecified atom stereocenters. The maximum absolute atomic E-state index is 12.0. The number of anilines is 5. The highest BCUT2D eigenvalue weighted by Gasteiger charge is 2.25. The summed E-state index contributed by atoms with van der Waals surface area (Å²) in [6.45, 7) is 9.08. The number of nitrogens with zero attached hydrogens (tertiary/aromatic N) is 17. The number of H-pyrrole nitrogens is 5. The van der Waals surface area contributed by atoms with Crippen LogP contribution in [0.25, 0.3) is 162 Å². The number of benzene rings is 5. The van der Waals surface area contributed by atoms with Crippen molar-refractivity contribution in [3.63, 3.8) is 0 Å². The summed E-state index contributed by atoms with van der Waals surface area (Å²) in [7, 11) is 0. The molecular formula is C73H48Cl5N27O7S8. The Morgan fingerprint density at radius 3 is 1.02 bits per heavy atom. The number of aryl methyl sites for hydroxylation is 5. The van der Waals surface area contributed by atoms with Crippen molar-refractivity contribution in [1.82, 2.24) is 110 Å². The average Bonchev–Trinajstić information content (AvgIpc) is 1.50. The topological polar surface area (TPSA) is 540 Å². The molecule has 15 heterocycles. The number of nitrogen functional groups attached to an aromatic ring is 5. The normalized spacial score (nSPS) is 11.2. The Morgan fingerprint density at radius 2 is 0.683 bits per heavy atom. The van der Waals surface area contributed by atoms with E-state index < -0.39 is 27.8 Å². The third-order valence-corrected chi connectivity index (χ3v) is 25.1. The van der Waals surface area contributed by atoms with Gasteiger partial charge in [0.1, 0.15) is 32.8 Å². The lowest BCUT2D eigenvalue weighted by Gasteiger charge is -2.09. The molecule has 0 spiro atoms. The molecule has 0 saturated carbocycles.